The molecule has 0 N–H and O–H groups in total. The van der Waals surface area contributed by atoms with Crippen LogP contribution in [0.15, 0.2) is 16.9 Å². The van der Waals surface area contributed by atoms with Gasteiger partial charge in [0, 0.05) is 22.4 Å². The molecule has 3 nitrogen and oxygen atoms in total. The zero-order chi connectivity index (χ0) is 12.1. The number of carbonyl (C=O) groups excluding carboxylic acids is 1. The van der Waals surface area contributed by atoms with Gasteiger partial charge in [-0.1, -0.05) is 0 Å². The molecule has 88 valence electrons. The van der Waals surface area contributed by atoms with Crippen molar-refractivity contribution in [2.45, 2.75) is 19.8 Å². The number of pyridine rings is 1. The molecule has 0 bridgehead atoms. The third kappa shape index (κ3) is 3.23. The minimum Gasteiger partial charge on any atom is -0.466 e. The Kier molecular flexibility index (Phi) is 4.79. The molecular weight excluding hydrogens is 284 g/mol. The zero-order valence-electron chi connectivity index (χ0n) is 8.54. The molecule has 0 atom stereocenters. The minimum atomic E-state index is -2.66. The van der Waals surface area contributed by atoms with E-state index in [2.05, 4.69) is 20.9 Å². The van der Waals surface area contributed by atoms with Gasteiger partial charge < -0.3 is 4.74 Å². The third-order valence-electron chi connectivity index (χ3n) is 1.90. The van der Waals surface area contributed by atoms with Gasteiger partial charge in [-0.2, -0.15) is 0 Å². The third-order valence-corrected chi connectivity index (χ3v) is 2.58. The van der Waals surface area contributed by atoms with Crippen molar-refractivity contribution < 1.29 is 18.3 Å². The molecule has 0 amide bonds. The maximum absolute atomic E-state index is 12.6. The number of alkyl halides is 2. The molecule has 0 unspecified atom stereocenters. The number of nitrogens with zero attached hydrogens (tertiary/aromatic N) is 1. The van der Waals surface area contributed by atoms with E-state index in [1.807, 2.05) is 0 Å². The summed E-state index contributed by atoms with van der Waals surface area (Å²) in [5.74, 6) is -0.531. The van der Waals surface area contributed by atoms with Crippen molar-refractivity contribution in [1.29, 1.82) is 0 Å². The Morgan fingerprint density at radius 2 is 2.25 bits per heavy atom. The Balaban J connectivity index is 2.97. The van der Waals surface area contributed by atoms with Crippen LogP contribution in [-0.4, -0.2) is 17.6 Å². The van der Waals surface area contributed by atoms with E-state index in [1.165, 1.54) is 6.20 Å². The zero-order valence-corrected chi connectivity index (χ0v) is 10.1. The molecule has 0 aromatic carbocycles. The lowest BCUT2D eigenvalue weighted by atomic mass is 10.1. The Morgan fingerprint density at radius 1 is 1.56 bits per heavy atom. The van der Waals surface area contributed by atoms with E-state index in [-0.39, 0.29) is 24.2 Å². The molecule has 0 aliphatic carbocycles. The molecule has 6 heteroatoms. The van der Waals surface area contributed by atoms with Crippen LogP contribution in [0.2, 0.25) is 0 Å². The Morgan fingerprint density at radius 3 is 2.81 bits per heavy atom. The lowest BCUT2D eigenvalue weighted by Gasteiger charge is -2.09. The maximum atomic E-state index is 12.6. The minimum absolute atomic E-state index is 0.184. The number of esters is 1. The molecule has 0 saturated carbocycles. The molecule has 16 heavy (non-hydrogen) atoms. The van der Waals surface area contributed by atoms with Gasteiger partial charge in [-0.15, -0.1) is 0 Å². The molecular formula is C10H10BrF2NO2. The number of rotatable bonds is 4. The van der Waals surface area contributed by atoms with Crippen molar-refractivity contribution in [2.75, 3.05) is 6.61 Å². The summed E-state index contributed by atoms with van der Waals surface area (Å²) in [7, 11) is 0. The summed E-state index contributed by atoms with van der Waals surface area (Å²) in [4.78, 5) is 14.9. The van der Waals surface area contributed by atoms with Crippen LogP contribution in [0.5, 0.6) is 0 Å². The van der Waals surface area contributed by atoms with Gasteiger partial charge >= 0.3 is 5.97 Å². The van der Waals surface area contributed by atoms with Gasteiger partial charge in [0.1, 0.15) is 0 Å². The second-order valence-corrected chi connectivity index (χ2v) is 3.83. The number of aromatic nitrogens is 1. The predicted octanol–water partition coefficient (Wildman–Crippen LogP) is 2.89. The number of ether oxygens (including phenoxy) is 1. The van der Waals surface area contributed by atoms with Gasteiger partial charge in [-0.05, 0) is 28.4 Å². The number of halogens is 3. The first-order chi connectivity index (χ1) is 7.56. The summed E-state index contributed by atoms with van der Waals surface area (Å²) in [5, 5.41) is 0. The van der Waals surface area contributed by atoms with Crippen molar-refractivity contribution in [1.82, 2.24) is 4.98 Å². The predicted molar refractivity (Wildman–Crippen MR) is 57.2 cm³/mol. The average molecular weight is 294 g/mol. The summed E-state index contributed by atoms with van der Waals surface area (Å²) >= 11 is 3.09. The van der Waals surface area contributed by atoms with Crippen LogP contribution in [0.4, 0.5) is 8.78 Å². The Bertz CT molecular complexity index is 385. The van der Waals surface area contributed by atoms with Crippen LogP contribution in [0, 0.1) is 0 Å². The molecule has 1 aromatic rings. The van der Waals surface area contributed by atoms with Crippen LogP contribution in [0.25, 0.3) is 0 Å². The lowest BCUT2D eigenvalue weighted by Crippen LogP contribution is -2.10. The van der Waals surface area contributed by atoms with Crippen molar-refractivity contribution in [3.8, 4) is 0 Å². The lowest BCUT2D eigenvalue weighted by molar-refractivity contribution is -0.142. The normalized spacial score (nSPS) is 10.6. The summed E-state index contributed by atoms with van der Waals surface area (Å²) in [6.45, 7) is 1.89. The van der Waals surface area contributed by atoms with Gasteiger partial charge in [-0.3, -0.25) is 9.78 Å². The van der Waals surface area contributed by atoms with E-state index in [4.69, 9.17) is 4.74 Å². The second kappa shape index (κ2) is 5.89. The highest BCUT2D eigenvalue weighted by Gasteiger charge is 2.18. The quantitative estimate of drug-likeness (QED) is 0.802. The van der Waals surface area contributed by atoms with Crippen LogP contribution in [0.1, 0.15) is 24.5 Å². The molecule has 0 radical (unpaired) electrons. The smallest absolute Gasteiger partial charge is 0.310 e. The fraction of sp³-hybridized carbons (Fsp3) is 0.400. The molecule has 0 fully saturated rings. The van der Waals surface area contributed by atoms with E-state index in [0.29, 0.717) is 4.47 Å². The first-order valence-electron chi connectivity index (χ1n) is 4.62. The van der Waals surface area contributed by atoms with Gasteiger partial charge in [0.25, 0.3) is 6.43 Å². The molecule has 1 aromatic heterocycles. The van der Waals surface area contributed by atoms with E-state index in [0.717, 1.165) is 6.20 Å². The van der Waals surface area contributed by atoms with Gasteiger partial charge in [-0.25, -0.2) is 8.78 Å². The van der Waals surface area contributed by atoms with Crippen molar-refractivity contribution >= 4 is 21.9 Å². The van der Waals surface area contributed by atoms with Crippen molar-refractivity contribution in [3.05, 3.63) is 28.0 Å². The highest BCUT2D eigenvalue weighted by atomic mass is 79.9. The Hall–Kier alpha value is -1.04. The molecule has 1 rings (SSSR count). The second-order valence-electron chi connectivity index (χ2n) is 2.97. The van der Waals surface area contributed by atoms with Gasteiger partial charge in [0.05, 0.1) is 13.0 Å². The highest BCUT2D eigenvalue weighted by molar-refractivity contribution is 9.10. The molecule has 1 heterocycles. The first kappa shape index (κ1) is 13.0. The summed E-state index contributed by atoms with van der Waals surface area (Å²) < 4.78 is 30.4. The molecule has 0 saturated heterocycles. The van der Waals surface area contributed by atoms with Crippen LogP contribution >= 0.6 is 15.9 Å². The number of hydrogen-bond donors (Lipinski definition) is 0. The summed E-state index contributed by atoms with van der Waals surface area (Å²) in [6, 6.07) is 0. The monoisotopic (exact) mass is 293 g/mol. The van der Waals surface area contributed by atoms with Gasteiger partial charge in [0.15, 0.2) is 0 Å². The topological polar surface area (TPSA) is 39.2 Å². The summed E-state index contributed by atoms with van der Waals surface area (Å²) in [6.07, 6.45) is -0.407. The highest BCUT2D eigenvalue weighted by Crippen LogP contribution is 2.28. The fourth-order valence-electron chi connectivity index (χ4n) is 1.21. The van der Waals surface area contributed by atoms with Crippen LogP contribution < -0.4 is 0 Å². The maximum Gasteiger partial charge on any atom is 0.310 e. The van der Waals surface area contributed by atoms with Crippen LogP contribution in [0.3, 0.4) is 0 Å². The first-order valence-corrected chi connectivity index (χ1v) is 5.41. The SMILES string of the molecule is CCOC(=O)Cc1c(Br)cncc1C(F)F. The van der Waals surface area contributed by atoms with Crippen molar-refractivity contribution in [2.24, 2.45) is 0 Å². The van der Waals surface area contributed by atoms with E-state index >= 15 is 0 Å². The fourth-order valence-corrected chi connectivity index (χ4v) is 1.69. The Labute approximate surface area is 99.9 Å². The molecule has 0 aliphatic heterocycles. The van der Waals surface area contributed by atoms with Crippen molar-refractivity contribution in [3.63, 3.8) is 0 Å². The molecule has 0 spiro atoms. The van der Waals surface area contributed by atoms with E-state index < -0.39 is 12.4 Å². The largest absolute Gasteiger partial charge is 0.466 e. The standard InChI is InChI=1S/C10H10BrF2NO2/c1-2-16-9(15)3-6-7(10(12)13)4-14-5-8(6)11/h4-5,10H,2-3H2,1H3. The van der Waals surface area contributed by atoms with E-state index in [1.54, 1.807) is 6.92 Å². The van der Waals surface area contributed by atoms with Gasteiger partial charge in [0.2, 0.25) is 0 Å². The number of hydrogen-bond acceptors (Lipinski definition) is 3. The summed E-state index contributed by atoms with van der Waals surface area (Å²) in [5.41, 5.74) is -0.0223. The average Bonchev–Trinajstić information content (AvgIpc) is 2.21. The number of carbonyl (C=O) groups is 1. The van der Waals surface area contributed by atoms with Crippen LogP contribution in [-0.2, 0) is 16.0 Å². The molecule has 0 aliphatic rings. The van der Waals surface area contributed by atoms with E-state index in [9.17, 15) is 13.6 Å².